The van der Waals surface area contributed by atoms with Gasteiger partial charge in [0.05, 0.1) is 0 Å². The number of nitrogens with one attached hydrogen (secondary N) is 2. The molecule has 2 aromatic carbocycles. The second kappa shape index (κ2) is 8.13. The van der Waals surface area contributed by atoms with E-state index in [9.17, 15) is 13.6 Å². The fourth-order valence-corrected chi connectivity index (χ4v) is 3.80. The van der Waals surface area contributed by atoms with E-state index in [0.29, 0.717) is 17.4 Å². The first kappa shape index (κ1) is 17.4. The zero-order valence-corrected chi connectivity index (χ0v) is 14.5. The zero-order chi connectivity index (χ0) is 17.6. The molecular formula is C18H14F2N2OS2. The Hall–Kier alpha value is -2.38. The number of alkyl halides is 2. The minimum absolute atomic E-state index is 0.284. The van der Waals surface area contributed by atoms with Gasteiger partial charge in [0, 0.05) is 22.0 Å². The molecule has 0 bridgehead atoms. The van der Waals surface area contributed by atoms with E-state index in [2.05, 4.69) is 10.6 Å². The van der Waals surface area contributed by atoms with E-state index in [4.69, 9.17) is 0 Å². The van der Waals surface area contributed by atoms with Crippen molar-refractivity contribution in [1.82, 2.24) is 0 Å². The molecular weight excluding hydrogens is 362 g/mol. The third-order valence-corrected chi connectivity index (χ3v) is 5.05. The minimum Gasteiger partial charge on any atom is -0.355 e. The number of thioether (sulfide) groups is 1. The number of amides is 1. The van der Waals surface area contributed by atoms with Gasteiger partial charge < -0.3 is 10.6 Å². The monoisotopic (exact) mass is 376 g/mol. The molecule has 3 aromatic rings. The van der Waals surface area contributed by atoms with E-state index >= 15 is 0 Å². The Kier molecular flexibility index (Phi) is 5.67. The number of halogens is 2. The topological polar surface area (TPSA) is 41.1 Å². The molecule has 0 aliphatic carbocycles. The fraction of sp³-hybridized carbons (Fsp3) is 0.0556. The van der Waals surface area contributed by atoms with Crippen molar-refractivity contribution in [3.05, 3.63) is 70.9 Å². The summed E-state index contributed by atoms with van der Waals surface area (Å²) in [4.78, 5) is 12.9. The lowest BCUT2D eigenvalue weighted by atomic mass is 10.2. The van der Waals surface area contributed by atoms with Crippen LogP contribution in [0.25, 0.3) is 0 Å². The van der Waals surface area contributed by atoms with Gasteiger partial charge >= 0.3 is 0 Å². The summed E-state index contributed by atoms with van der Waals surface area (Å²) in [7, 11) is 0. The van der Waals surface area contributed by atoms with Crippen LogP contribution in [0.3, 0.4) is 0 Å². The average Bonchev–Trinajstić information content (AvgIpc) is 3.03. The number of hydrogen-bond acceptors (Lipinski definition) is 4. The molecule has 3 nitrogen and oxygen atoms in total. The highest BCUT2D eigenvalue weighted by Gasteiger charge is 2.17. The fourth-order valence-electron chi connectivity index (χ4n) is 2.20. The van der Waals surface area contributed by atoms with Crippen molar-refractivity contribution in [1.29, 1.82) is 0 Å². The highest BCUT2D eigenvalue weighted by atomic mass is 32.2. The normalized spacial score (nSPS) is 10.7. The predicted octanol–water partition coefficient (Wildman–Crippen LogP) is 6.06. The molecule has 7 heteroatoms. The molecule has 25 heavy (non-hydrogen) atoms. The van der Waals surface area contributed by atoms with Crippen LogP contribution in [-0.4, -0.2) is 11.7 Å². The van der Waals surface area contributed by atoms with Crippen molar-refractivity contribution in [3.8, 4) is 0 Å². The second-order valence-electron chi connectivity index (χ2n) is 5.02. The van der Waals surface area contributed by atoms with Crippen LogP contribution in [0.15, 0.2) is 70.9 Å². The van der Waals surface area contributed by atoms with Crippen molar-refractivity contribution in [3.63, 3.8) is 0 Å². The Morgan fingerprint density at radius 3 is 2.44 bits per heavy atom. The van der Waals surface area contributed by atoms with E-state index in [1.807, 2.05) is 42.5 Å². The molecule has 0 unspecified atom stereocenters. The highest BCUT2D eigenvalue weighted by molar-refractivity contribution is 7.99. The Bertz CT molecular complexity index is 853. The van der Waals surface area contributed by atoms with Crippen LogP contribution < -0.4 is 10.6 Å². The Morgan fingerprint density at radius 2 is 1.68 bits per heavy atom. The molecule has 1 amide bonds. The lowest BCUT2D eigenvalue weighted by Crippen LogP contribution is -2.11. The van der Waals surface area contributed by atoms with Crippen LogP contribution in [0.4, 0.5) is 25.8 Å². The maximum Gasteiger partial charge on any atom is 0.288 e. The van der Waals surface area contributed by atoms with Gasteiger partial charge in [0.2, 0.25) is 0 Å². The average molecular weight is 376 g/mol. The van der Waals surface area contributed by atoms with Crippen LogP contribution in [0.1, 0.15) is 9.67 Å². The van der Waals surface area contributed by atoms with Crippen LogP contribution in [0.2, 0.25) is 0 Å². The largest absolute Gasteiger partial charge is 0.355 e. The van der Waals surface area contributed by atoms with Crippen molar-refractivity contribution in [2.75, 3.05) is 10.6 Å². The Balaban J connectivity index is 1.72. The third-order valence-electron chi connectivity index (χ3n) is 3.23. The highest BCUT2D eigenvalue weighted by Crippen LogP contribution is 2.32. The first-order chi connectivity index (χ1) is 12.1. The van der Waals surface area contributed by atoms with E-state index < -0.39 is 11.7 Å². The Morgan fingerprint density at radius 1 is 0.960 bits per heavy atom. The maximum absolute atomic E-state index is 12.6. The van der Waals surface area contributed by atoms with E-state index in [1.54, 1.807) is 17.5 Å². The second-order valence-corrected chi connectivity index (χ2v) is 6.97. The summed E-state index contributed by atoms with van der Waals surface area (Å²) in [6.45, 7) is 0. The van der Waals surface area contributed by atoms with Gasteiger partial charge in [-0.15, -0.1) is 11.3 Å². The van der Waals surface area contributed by atoms with Crippen molar-refractivity contribution in [2.24, 2.45) is 0 Å². The van der Waals surface area contributed by atoms with Gasteiger partial charge in [-0.05, 0) is 41.8 Å². The van der Waals surface area contributed by atoms with Gasteiger partial charge in [0.15, 0.2) is 0 Å². The van der Waals surface area contributed by atoms with Crippen LogP contribution in [-0.2, 0) is 0 Å². The SMILES string of the molecule is O=C(Nc1cccc(Nc2ccccc2)c1)c1sccc1SC(F)F. The smallest absolute Gasteiger partial charge is 0.288 e. The van der Waals surface area contributed by atoms with Gasteiger partial charge in [-0.25, -0.2) is 0 Å². The van der Waals surface area contributed by atoms with Gasteiger partial charge in [0.25, 0.3) is 11.7 Å². The molecule has 0 spiro atoms. The zero-order valence-electron chi connectivity index (χ0n) is 12.9. The van der Waals surface area contributed by atoms with Crippen molar-refractivity contribution in [2.45, 2.75) is 10.7 Å². The number of rotatable bonds is 6. The molecule has 0 saturated carbocycles. The summed E-state index contributed by atoms with van der Waals surface area (Å²) in [6, 6.07) is 18.4. The number of benzene rings is 2. The van der Waals surface area contributed by atoms with Crippen molar-refractivity contribution < 1.29 is 13.6 Å². The standard InChI is InChI=1S/C18H14F2N2OS2/c19-18(20)25-15-9-10-24-16(15)17(23)22-14-8-4-7-13(11-14)21-12-5-2-1-3-6-12/h1-11,18,21H,(H,22,23). The van der Waals surface area contributed by atoms with Crippen LogP contribution in [0.5, 0.6) is 0 Å². The number of para-hydroxylation sites is 1. The quantitative estimate of drug-likeness (QED) is 0.514. The van der Waals surface area contributed by atoms with E-state index in [-0.39, 0.29) is 9.77 Å². The first-order valence-corrected chi connectivity index (χ1v) is 9.13. The summed E-state index contributed by atoms with van der Waals surface area (Å²) in [5, 5.41) is 7.63. The molecule has 0 fully saturated rings. The summed E-state index contributed by atoms with van der Waals surface area (Å²) >= 11 is 1.52. The summed E-state index contributed by atoms with van der Waals surface area (Å²) in [5.41, 5.74) is 2.34. The molecule has 0 saturated heterocycles. The number of thiophene rings is 1. The number of carbonyl (C=O) groups excluding carboxylic acids is 1. The molecule has 1 aromatic heterocycles. The molecule has 0 aliphatic rings. The predicted molar refractivity (Wildman–Crippen MR) is 100 cm³/mol. The van der Waals surface area contributed by atoms with Gasteiger partial charge in [-0.2, -0.15) is 8.78 Å². The molecule has 0 atom stereocenters. The molecule has 3 rings (SSSR count). The number of carbonyl (C=O) groups is 1. The number of anilines is 3. The van der Waals surface area contributed by atoms with Crippen LogP contribution >= 0.6 is 23.1 Å². The van der Waals surface area contributed by atoms with Gasteiger partial charge in [0.1, 0.15) is 4.88 Å². The molecule has 1 heterocycles. The van der Waals surface area contributed by atoms with Gasteiger partial charge in [-0.3, -0.25) is 4.79 Å². The van der Waals surface area contributed by atoms with Gasteiger partial charge in [-0.1, -0.05) is 36.0 Å². The third kappa shape index (κ3) is 4.80. The summed E-state index contributed by atoms with van der Waals surface area (Å²) in [6.07, 6.45) is 0. The minimum atomic E-state index is -2.56. The number of hydrogen-bond donors (Lipinski definition) is 2. The summed E-state index contributed by atoms with van der Waals surface area (Å²) in [5.74, 6) is -2.95. The van der Waals surface area contributed by atoms with E-state index in [1.165, 1.54) is 6.07 Å². The maximum atomic E-state index is 12.6. The lowest BCUT2D eigenvalue weighted by Gasteiger charge is -2.10. The van der Waals surface area contributed by atoms with E-state index in [0.717, 1.165) is 22.7 Å². The van der Waals surface area contributed by atoms with Crippen LogP contribution in [0, 0.1) is 0 Å². The first-order valence-electron chi connectivity index (χ1n) is 7.37. The molecule has 2 N–H and O–H groups in total. The molecule has 0 radical (unpaired) electrons. The molecule has 0 aliphatic heterocycles. The lowest BCUT2D eigenvalue weighted by molar-refractivity contribution is 0.102. The molecule has 128 valence electrons. The van der Waals surface area contributed by atoms with Crippen molar-refractivity contribution >= 4 is 46.1 Å². The Labute approximate surface area is 152 Å². The summed E-state index contributed by atoms with van der Waals surface area (Å²) < 4.78 is 25.1.